The van der Waals surface area contributed by atoms with Crippen LogP contribution in [0.3, 0.4) is 0 Å². The van der Waals surface area contributed by atoms with E-state index in [9.17, 15) is 9.90 Å². The number of amides is 1. The van der Waals surface area contributed by atoms with Crippen molar-refractivity contribution in [3.8, 4) is 0 Å². The monoisotopic (exact) mass is 418 g/mol. The molecule has 1 aliphatic rings. The van der Waals surface area contributed by atoms with E-state index in [4.69, 9.17) is 0 Å². The molecule has 2 atom stereocenters. The average molecular weight is 420 g/mol. The van der Waals surface area contributed by atoms with Crippen molar-refractivity contribution in [2.45, 2.75) is 25.8 Å². The van der Waals surface area contributed by atoms with Gasteiger partial charge in [0.25, 0.3) is 0 Å². The number of halogens is 2. The van der Waals surface area contributed by atoms with Gasteiger partial charge in [0.2, 0.25) is 5.91 Å². The van der Waals surface area contributed by atoms with Gasteiger partial charge in [-0.05, 0) is 66.4 Å². The van der Waals surface area contributed by atoms with Crippen LogP contribution in [0.25, 0.3) is 0 Å². The molecule has 1 fully saturated rings. The van der Waals surface area contributed by atoms with Gasteiger partial charge in [0.15, 0.2) is 0 Å². The number of benzene rings is 1. The van der Waals surface area contributed by atoms with Gasteiger partial charge in [-0.15, -0.1) is 0 Å². The van der Waals surface area contributed by atoms with Crippen LogP contribution < -0.4 is 5.32 Å². The van der Waals surface area contributed by atoms with Crippen molar-refractivity contribution in [2.24, 2.45) is 5.92 Å². The lowest BCUT2D eigenvalue weighted by Crippen LogP contribution is -2.47. The first-order valence-corrected chi connectivity index (χ1v) is 8.70. The first-order valence-electron chi connectivity index (χ1n) is 7.12. The molecule has 21 heavy (non-hydrogen) atoms. The van der Waals surface area contributed by atoms with Crippen molar-refractivity contribution in [1.82, 2.24) is 4.90 Å². The molecule has 6 heteroatoms. The highest BCUT2D eigenvalue weighted by molar-refractivity contribution is 9.11. The van der Waals surface area contributed by atoms with E-state index in [1.54, 1.807) is 0 Å². The number of hydrogen-bond donors (Lipinski definition) is 2. The van der Waals surface area contributed by atoms with Crippen LogP contribution in [0.15, 0.2) is 27.1 Å². The predicted octanol–water partition coefficient (Wildman–Crippen LogP) is 3.24. The Labute approximate surface area is 142 Å². The summed E-state index contributed by atoms with van der Waals surface area (Å²) in [5, 5.41) is 12.2. The molecule has 0 spiro atoms. The SMILES string of the molecule is CC(C(=O)Nc1ccc(Br)cc1Br)N1CCCC(CO)C1. The van der Waals surface area contributed by atoms with E-state index in [-0.39, 0.29) is 24.5 Å². The summed E-state index contributed by atoms with van der Waals surface area (Å²) in [5.74, 6) is 0.269. The minimum Gasteiger partial charge on any atom is -0.396 e. The lowest BCUT2D eigenvalue weighted by molar-refractivity contribution is -0.121. The van der Waals surface area contributed by atoms with Crippen LogP contribution in [0.5, 0.6) is 0 Å². The fraction of sp³-hybridized carbons (Fsp3) is 0.533. The average Bonchev–Trinajstić information content (AvgIpc) is 2.49. The maximum Gasteiger partial charge on any atom is 0.241 e. The van der Waals surface area contributed by atoms with Gasteiger partial charge < -0.3 is 10.4 Å². The van der Waals surface area contributed by atoms with Crippen LogP contribution in [-0.2, 0) is 4.79 Å². The summed E-state index contributed by atoms with van der Waals surface area (Å²) in [6, 6.07) is 5.47. The van der Waals surface area contributed by atoms with Crippen molar-refractivity contribution >= 4 is 43.5 Å². The number of carbonyl (C=O) groups excluding carboxylic acids is 1. The molecule has 2 N–H and O–H groups in total. The Hall–Kier alpha value is -0.430. The molecule has 116 valence electrons. The second-order valence-electron chi connectivity index (χ2n) is 5.48. The Bertz CT molecular complexity index is 510. The molecule has 0 aromatic heterocycles. The number of nitrogens with one attached hydrogen (secondary N) is 1. The Balaban J connectivity index is 1.99. The van der Waals surface area contributed by atoms with Crippen molar-refractivity contribution in [3.63, 3.8) is 0 Å². The Morgan fingerprint density at radius 1 is 1.52 bits per heavy atom. The molecule has 0 aliphatic carbocycles. The fourth-order valence-electron chi connectivity index (χ4n) is 2.59. The molecular formula is C15H20Br2N2O2. The smallest absolute Gasteiger partial charge is 0.241 e. The van der Waals surface area contributed by atoms with Crippen LogP contribution in [0.2, 0.25) is 0 Å². The van der Waals surface area contributed by atoms with Gasteiger partial charge in [-0.1, -0.05) is 15.9 Å². The number of likely N-dealkylation sites (tertiary alicyclic amines) is 1. The molecule has 1 aromatic rings. The molecule has 1 aliphatic heterocycles. The third-order valence-electron chi connectivity index (χ3n) is 3.92. The molecule has 1 aromatic carbocycles. The summed E-state index contributed by atoms with van der Waals surface area (Å²) in [6.07, 6.45) is 2.07. The zero-order valence-electron chi connectivity index (χ0n) is 12.0. The number of aliphatic hydroxyl groups excluding tert-OH is 1. The molecule has 1 heterocycles. The van der Waals surface area contributed by atoms with E-state index in [0.717, 1.165) is 40.6 Å². The highest BCUT2D eigenvalue weighted by Gasteiger charge is 2.27. The predicted molar refractivity (Wildman–Crippen MR) is 91.3 cm³/mol. The molecule has 0 bridgehead atoms. The maximum atomic E-state index is 12.4. The summed E-state index contributed by atoms with van der Waals surface area (Å²) >= 11 is 6.84. The number of carbonyl (C=O) groups is 1. The number of anilines is 1. The Morgan fingerprint density at radius 2 is 2.29 bits per heavy atom. The van der Waals surface area contributed by atoms with Gasteiger partial charge in [-0.2, -0.15) is 0 Å². The summed E-state index contributed by atoms with van der Waals surface area (Å²) in [7, 11) is 0. The molecule has 1 saturated heterocycles. The number of hydrogen-bond acceptors (Lipinski definition) is 3. The van der Waals surface area contributed by atoms with Crippen LogP contribution in [-0.4, -0.2) is 41.7 Å². The van der Waals surface area contributed by atoms with Gasteiger partial charge in [-0.3, -0.25) is 9.69 Å². The van der Waals surface area contributed by atoms with Gasteiger partial charge >= 0.3 is 0 Å². The molecule has 1 amide bonds. The van der Waals surface area contributed by atoms with Crippen LogP contribution in [0.4, 0.5) is 5.69 Å². The number of aliphatic hydroxyl groups is 1. The fourth-order valence-corrected chi connectivity index (χ4v) is 3.74. The summed E-state index contributed by atoms with van der Waals surface area (Å²) in [6.45, 7) is 3.81. The second kappa shape index (κ2) is 7.72. The number of rotatable bonds is 4. The lowest BCUT2D eigenvalue weighted by Gasteiger charge is -2.35. The number of nitrogens with zero attached hydrogens (tertiary/aromatic N) is 1. The third kappa shape index (κ3) is 4.52. The topological polar surface area (TPSA) is 52.6 Å². The zero-order chi connectivity index (χ0) is 15.4. The Kier molecular flexibility index (Phi) is 6.22. The van der Waals surface area contributed by atoms with E-state index >= 15 is 0 Å². The first kappa shape index (κ1) is 16.9. The minimum atomic E-state index is -0.199. The van der Waals surface area contributed by atoms with Crippen molar-refractivity contribution in [3.05, 3.63) is 27.1 Å². The standard InChI is InChI=1S/C15H20Br2N2O2/c1-10(19-6-2-3-11(8-19)9-20)15(21)18-14-5-4-12(16)7-13(14)17/h4-5,7,10-11,20H,2-3,6,8-9H2,1H3,(H,18,21). The zero-order valence-corrected chi connectivity index (χ0v) is 15.2. The molecule has 0 radical (unpaired) electrons. The third-order valence-corrected chi connectivity index (χ3v) is 5.07. The first-order chi connectivity index (χ1) is 10.0. The van der Waals surface area contributed by atoms with Crippen molar-refractivity contribution in [1.29, 1.82) is 0 Å². The largest absolute Gasteiger partial charge is 0.396 e. The maximum absolute atomic E-state index is 12.4. The highest BCUT2D eigenvalue weighted by Crippen LogP contribution is 2.27. The van der Waals surface area contributed by atoms with Gasteiger partial charge in [0, 0.05) is 22.1 Å². The van der Waals surface area contributed by atoms with Crippen molar-refractivity contribution < 1.29 is 9.90 Å². The highest BCUT2D eigenvalue weighted by atomic mass is 79.9. The molecule has 0 saturated carbocycles. The van der Waals surface area contributed by atoms with Gasteiger partial charge in [-0.25, -0.2) is 0 Å². The Morgan fingerprint density at radius 3 is 2.95 bits per heavy atom. The summed E-state index contributed by atoms with van der Waals surface area (Å²) < 4.78 is 1.81. The lowest BCUT2D eigenvalue weighted by atomic mass is 9.97. The quantitative estimate of drug-likeness (QED) is 0.787. The van der Waals surface area contributed by atoms with Gasteiger partial charge in [0.05, 0.1) is 11.7 Å². The summed E-state index contributed by atoms with van der Waals surface area (Å²) in [5.41, 5.74) is 0.769. The molecule has 2 unspecified atom stereocenters. The molecule has 2 rings (SSSR count). The van der Waals surface area contributed by atoms with E-state index in [1.807, 2.05) is 25.1 Å². The van der Waals surface area contributed by atoms with Crippen molar-refractivity contribution in [2.75, 3.05) is 25.0 Å². The van der Waals surface area contributed by atoms with Crippen LogP contribution in [0.1, 0.15) is 19.8 Å². The van der Waals surface area contributed by atoms with Crippen LogP contribution >= 0.6 is 31.9 Å². The van der Waals surface area contributed by atoms with E-state index in [0.29, 0.717) is 0 Å². The number of piperidine rings is 1. The summed E-state index contributed by atoms with van der Waals surface area (Å²) in [4.78, 5) is 14.5. The van der Waals surface area contributed by atoms with E-state index < -0.39 is 0 Å². The van der Waals surface area contributed by atoms with Crippen LogP contribution in [0, 0.1) is 5.92 Å². The normalized spacial score (nSPS) is 21.0. The minimum absolute atomic E-state index is 0.0170. The van der Waals surface area contributed by atoms with E-state index in [2.05, 4.69) is 42.1 Å². The second-order valence-corrected chi connectivity index (χ2v) is 7.25. The van der Waals surface area contributed by atoms with E-state index in [1.165, 1.54) is 0 Å². The molecule has 4 nitrogen and oxygen atoms in total. The van der Waals surface area contributed by atoms with Gasteiger partial charge in [0.1, 0.15) is 0 Å². The molecular weight excluding hydrogens is 400 g/mol.